The molecule has 0 radical (unpaired) electrons. The molecular formula is C13H19N3O2. The summed E-state index contributed by atoms with van der Waals surface area (Å²) in [6, 6.07) is 6.20. The lowest BCUT2D eigenvalue weighted by molar-refractivity contribution is 0.249. The second-order valence-electron chi connectivity index (χ2n) is 4.48. The number of rotatable bonds is 4. The Morgan fingerprint density at radius 2 is 1.89 bits per heavy atom. The van der Waals surface area contributed by atoms with E-state index in [0.717, 1.165) is 19.6 Å². The van der Waals surface area contributed by atoms with Gasteiger partial charge in [-0.2, -0.15) is 0 Å². The molecule has 1 aliphatic rings. The van der Waals surface area contributed by atoms with Gasteiger partial charge in [-0.3, -0.25) is 0 Å². The number of phenols is 1. The van der Waals surface area contributed by atoms with Crippen LogP contribution in [0.25, 0.3) is 0 Å². The lowest BCUT2D eigenvalue weighted by Crippen LogP contribution is -2.35. The second kappa shape index (κ2) is 6.26. The van der Waals surface area contributed by atoms with Crippen LogP contribution in [0, 0.1) is 0 Å². The third-order valence-corrected chi connectivity index (χ3v) is 3.04. The molecule has 18 heavy (non-hydrogen) atoms. The van der Waals surface area contributed by atoms with Crippen LogP contribution in [0.1, 0.15) is 12.8 Å². The molecule has 1 saturated heterocycles. The van der Waals surface area contributed by atoms with Gasteiger partial charge in [0.25, 0.3) is 0 Å². The molecule has 0 bridgehead atoms. The molecule has 1 aromatic carbocycles. The molecule has 5 heteroatoms. The molecule has 0 aromatic heterocycles. The zero-order chi connectivity index (χ0) is 12.8. The van der Waals surface area contributed by atoms with E-state index in [1.165, 1.54) is 12.8 Å². The van der Waals surface area contributed by atoms with E-state index in [1.807, 2.05) is 0 Å². The van der Waals surface area contributed by atoms with Gasteiger partial charge in [-0.25, -0.2) is 4.79 Å². The van der Waals surface area contributed by atoms with Gasteiger partial charge >= 0.3 is 6.03 Å². The maximum Gasteiger partial charge on any atom is 0.319 e. The minimum absolute atomic E-state index is 0.190. The summed E-state index contributed by atoms with van der Waals surface area (Å²) in [5.74, 6) is 0.190. The van der Waals surface area contributed by atoms with Gasteiger partial charge in [-0.15, -0.1) is 0 Å². The maximum absolute atomic E-state index is 11.6. The zero-order valence-corrected chi connectivity index (χ0v) is 10.4. The number of aromatic hydroxyl groups is 1. The van der Waals surface area contributed by atoms with E-state index in [0.29, 0.717) is 12.2 Å². The summed E-state index contributed by atoms with van der Waals surface area (Å²) in [6.45, 7) is 3.84. The highest BCUT2D eigenvalue weighted by Gasteiger charge is 2.10. The van der Waals surface area contributed by atoms with Crippen molar-refractivity contribution in [2.45, 2.75) is 12.8 Å². The topological polar surface area (TPSA) is 64.6 Å². The van der Waals surface area contributed by atoms with E-state index in [-0.39, 0.29) is 11.8 Å². The monoisotopic (exact) mass is 249 g/mol. The fraction of sp³-hybridized carbons (Fsp3) is 0.462. The average Bonchev–Trinajstić information content (AvgIpc) is 2.85. The SMILES string of the molecule is O=C(NCCN1CCCC1)Nc1ccc(O)cc1. The number of benzene rings is 1. The number of carbonyl (C=O) groups excluding carboxylic acids is 1. The van der Waals surface area contributed by atoms with Crippen LogP contribution in [-0.4, -0.2) is 42.2 Å². The molecule has 0 spiro atoms. The minimum Gasteiger partial charge on any atom is -0.508 e. The number of likely N-dealkylation sites (tertiary alicyclic amines) is 1. The standard InChI is InChI=1S/C13H19N3O2/c17-12-5-3-11(4-6-12)15-13(18)14-7-10-16-8-1-2-9-16/h3-6,17H,1-2,7-10H2,(H2,14,15,18). The normalized spacial score (nSPS) is 15.6. The van der Waals surface area contributed by atoms with E-state index in [4.69, 9.17) is 5.11 Å². The number of carbonyl (C=O) groups is 1. The molecule has 1 aliphatic heterocycles. The van der Waals surface area contributed by atoms with Crippen molar-refractivity contribution >= 4 is 11.7 Å². The van der Waals surface area contributed by atoms with E-state index >= 15 is 0 Å². The molecule has 0 aliphatic carbocycles. The van der Waals surface area contributed by atoms with Crippen LogP contribution in [0.2, 0.25) is 0 Å². The number of phenolic OH excluding ortho intramolecular Hbond substituents is 1. The Morgan fingerprint density at radius 1 is 1.22 bits per heavy atom. The van der Waals surface area contributed by atoms with Gasteiger partial charge in [0.1, 0.15) is 5.75 Å². The number of nitrogens with one attached hydrogen (secondary N) is 2. The molecule has 2 rings (SSSR count). The number of nitrogens with zero attached hydrogens (tertiary/aromatic N) is 1. The Balaban J connectivity index is 1.66. The highest BCUT2D eigenvalue weighted by atomic mass is 16.3. The summed E-state index contributed by atoms with van der Waals surface area (Å²) in [4.78, 5) is 13.9. The van der Waals surface area contributed by atoms with Gasteiger partial charge in [0.2, 0.25) is 0 Å². The van der Waals surface area contributed by atoms with Crippen molar-refractivity contribution in [3.63, 3.8) is 0 Å². The van der Waals surface area contributed by atoms with Crippen molar-refractivity contribution in [2.24, 2.45) is 0 Å². The smallest absolute Gasteiger partial charge is 0.319 e. The Morgan fingerprint density at radius 3 is 2.56 bits per heavy atom. The van der Waals surface area contributed by atoms with Gasteiger partial charge < -0.3 is 20.6 Å². The van der Waals surface area contributed by atoms with Crippen LogP contribution < -0.4 is 10.6 Å². The number of anilines is 1. The highest BCUT2D eigenvalue weighted by molar-refractivity contribution is 5.89. The highest BCUT2D eigenvalue weighted by Crippen LogP contribution is 2.13. The quantitative estimate of drug-likeness (QED) is 0.710. The molecule has 0 atom stereocenters. The van der Waals surface area contributed by atoms with Crippen molar-refractivity contribution in [3.8, 4) is 5.75 Å². The summed E-state index contributed by atoms with van der Waals surface area (Å²) >= 11 is 0. The molecule has 5 nitrogen and oxygen atoms in total. The van der Waals surface area contributed by atoms with E-state index in [2.05, 4.69) is 15.5 Å². The molecule has 0 unspecified atom stereocenters. The van der Waals surface area contributed by atoms with Gasteiger partial charge in [-0.05, 0) is 50.2 Å². The lowest BCUT2D eigenvalue weighted by Gasteiger charge is -2.15. The Kier molecular flexibility index (Phi) is 4.41. The van der Waals surface area contributed by atoms with Crippen LogP contribution in [0.5, 0.6) is 5.75 Å². The lowest BCUT2D eigenvalue weighted by atomic mass is 10.3. The third kappa shape index (κ3) is 3.92. The molecule has 2 amide bonds. The molecule has 1 aromatic rings. The van der Waals surface area contributed by atoms with Crippen LogP contribution in [0.4, 0.5) is 10.5 Å². The molecule has 1 fully saturated rings. The predicted molar refractivity (Wildman–Crippen MR) is 70.8 cm³/mol. The summed E-state index contributed by atoms with van der Waals surface area (Å²) < 4.78 is 0. The van der Waals surface area contributed by atoms with Gasteiger partial charge in [0.15, 0.2) is 0 Å². The number of hydrogen-bond donors (Lipinski definition) is 3. The largest absolute Gasteiger partial charge is 0.508 e. The molecule has 0 saturated carbocycles. The Bertz CT molecular complexity index is 386. The van der Waals surface area contributed by atoms with Crippen molar-refractivity contribution in [1.82, 2.24) is 10.2 Å². The second-order valence-corrected chi connectivity index (χ2v) is 4.48. The first-order valence-corrected chi connectivity index (χ1v) is 6.30. The summed E-state index contributed by atoms with van der Waals surface area (Å²) in [5.41, 5.74) is 0.673. The Labute approximate surface area is 107 Å². The zero-order valence-electron chi connectivity index (χ0n) is 10.4. The van der Waals surface area contributed by atoms with Crippen molar-refractivity contribution < 1.29 is 9.90 Å². The molecule has 98 valence electrons. The van der Waals surface area contributed by atoms with Crippen LogP contribution in [0.15, 0.2) is 24.3 Å². The maximum atomic E-state index is 11.6. The Hall–Kier alpha value is -1.75. The van der Waals surface area contributed by atoms with Crippen molar-refractivity contribution in [3.05, 3.63) is 24.3 Å². The molecule has 3 N–H and O–H groups in total. The first-order chi connectivity index (χ1) is 8.74. The number of hydrogen-bond acceptors (Lipinski definition) is 3. The third-order valence-electron chi connectivity index (χ3n) is 3.04. The van der Waals surface area contributed by atoms with E-state index < -0.39 is 0 Å². The first-order valence-electron chi connectivity index (χ1n) is 6.30. The van der Waals surface area contributed by atoms with E-state index in [9.17, 15) is 4.79 Å². The molecular weight excluding hydrogens is 230 g/mol. The van der Waals surface area contributed by atoms with Crippen LogP contribution in [0.3, 0.4) is 0 Å². The van der Waals surface area contributed by atoms with Gasteiger partial charge in [-0.1, -0.05) is 0 Å². The summed E-state index contributed by atoms with van der Waals surface area (Å²) in [6.07, 6.45) is 2.53. The van der Waals surface area contributed by atoms with Crippen LogP contribution in [-0.2, 0) is 0 Å². The van der Waals surface area contributed by atoms with Crippen molar-refractivity contribution in [1.29, 1.82) is 0 Å². The number of urea groups is 1. The predicted octanol–water partition coefficient (Wildman–Crippen LogP) is 1.61. The first kappa shape index (κ1) is 12.7. The molecule has 1 heterocycles. The fourth-order valence-electron chi connectivity index (χ4n) is 2.05. The van der Waals surface area contributed by atoms with Gasteiger partial charge in [0, 0.05) is 18.8 Å². The average molecular weight is 249 g/mol. The number of amides is 2. The fourth-order valence-corrected chi connectivity index (χ4v) is 2.05. The van der Waals surface area contributed by atoms with Crippen molar-refractivity contribution in [2.75, 3.05) is 31.5 Å². The van der Waals surface area contributed by atoms with Crippen LogP contribution >= 0.6 is 0 Å². The van der Waals surface area contributed by atoms with E-state index in [1.54, 1.807) is 24.3 Å². The summed E-state index contributed by atoms with van der Waals surface area (Å²) in [5, 5.41) is 14.7. The minimum atomic E-state index is -0.208. The summed E-state index contributed by atoms with van der Waals surface area (Å²) in [7, 11) is 0. The van der Waals surface area contributed by atoms with Gasteiger partial charge in [0.05, 0.1) is 0 Å².